The first kappa shape index (κ1) is 24.5. The molecule has 4 aromatic carbocycles. The van der Waals surface area contributed by atoms with Crippen molar-refractivity contribution in [2.24, 2.45) is 4.99 Å². The van der Waals surface area contributed by atoms with Crippen LogP contribution in [0.25, 0.3) is 6.08 Å². The summed E-state index contributed by atoms with van der Waals surface area (Å²) in [7, 11) is 3.23. The third-order valence-electron chi connectivity index (χ3n) is 5.56. The van der Waals surface area contributed by atoms with Crippen molar-refractivity contribution in [3.63, 3.8) is 0 Å². The van der Waals surface area contributed by atoms with Crippen LogP contribution in [0.5, 0.6) is 11.5 Å². The Hall–Kier alpha value is -4.64. The van der Waals surface area contributed by atoms with Gasteiger partial charge in [0.15, 0.2) is 0 Å². The molecule has 0 aliphatic heterocycles. The average Bonchev–Trinajstić information content (AvgIpc) is 2.93. The second kappa shape index (κ2) is 12.2. The molecule has 0 unspecified atom stereocenters. The number of nitrogens with one attached hydrogen (secondary N) is 1. The maximum absolute atomic E-state index is 13.7. The number of nitrogens with zero attached hydrogens (tertiary/aromatic N) is 1. The molecule has 1 amide bonds. The van der Waals surface area contributed by atoms with Crippen LogP contribution in [0.1, 0.15) is 11.1 Å². The molecular weight excluding hydrogens is 448 g/mol. The van der Waals surface area contributed by atoms with Crippen LogP contribution in [0.2, 0.25) is 0 Å². The van der Waals surface area contributed by atoms with Crippen molar-refractivity contribution in [2.75, 3.05) is 19.5 Å². The molecular formula is C31H28N2O3. The summed E-state index contributed by atoms with van der Waals surface area (Å²) in [6, 6.07) is 34.6. The fourth-order valence-electron chi connectivity index (χ4n) is 3.69. The first-order valence-corrected chi connectivity index (χ1v) is 11.6. The zero-order chi connectivity index (χ0) is 25.2. The van der Waals surface area contributed by atoms with E-state index in [2.05, 4.69) is 5.32 Å². The minimum absolute atomic E-state index is 0.297. The molecule has 0 aliphatic carbocycles. The number of rotatable bonds is 9. The molecule has 0 fully saturated rings. The zero-order valence-corrected chi connectivity index (χ0v) is 20.3. The van der Waals surface area contributed by atoms with Gasteiger partial charge in [0.25, 0.3) is 5.91 Å². The van der Waals surface area contributed by atoms with Crippen LogP contribution in [0.3, 0.4) is 0 Å². The standard InChI is InChI=1S/C31H28N2O3/c1-35-28-17-13-26(14-18-28)32-30(31(34)33-27-15-19-29(36-2)20-16-27)25(21-23-9-5-3-6-10-23)22-24-11-7-4-8-12-24/h3-21H,22H2,1-2H3,(H,33,34). The monoisotopic (exact) mass is 476 g/mol. The van der Waals surface area contributed by atoms with E-state index in [-0.39, 0.29) is 5.91 Å². The number of hydrogen-bond acceptors (Lipinski definition) is 4. The Kier molecular flexibility index (Phi) is 8.28. The lowest BCUT2D eigenvalue weighted by molar-refractivity contribution is -0.110. The zero-order valence-electron chi connectivity index (χ0n) is 20.3. The molecule has 5 heteroatoms. The van der Waals surface area contributed by atoms with Gasteiger partial charge in [-0.2, -0.15) is 0 Å². The van der Waals surface area contributed by atoms with E-state index >= 15 is 0 Å². The van der Waals surface area contributed by atoms with E-state index in [0.29, 0.717) is 29.3 Å². The molecule has 36 heavy (non-hydrogen) atoms. The van der Waals surface area contributed by atoms with Gasteiger partial charge in [-0.1, -0.05) is 60.7 Å². The van der Waals surface area contributed by atoms with Gasteiger partial charge in [-0.25, -0.2) is 4.99 Å². The predicted molar refractivity (Wildman–Crippen MR) is 146 cm³/mol. The van der Waals surface area contributed by atoms with Crippen molar-refractivity contribution >= 4 is 29.1 Å². The topological polar surface area (TPSA) is 59.9 Å². The number of ether oxygens (including phenoxy) is 2. The van der Waals surface area contributed by atoms with E-state index in [0.717, 1.165) is 22.4 Å². The summed E-state index contributed by atoms with van der Waals surface area (Å²) in [6.07, 6.45) is 2.56. The van der Waals surface area contributed by atoms with Gasteiger partial charge in [0.2, 0.25) is 0 Å². The van der Waals surface area contributed by atoms with E-state index < -0.39 is 0 Å². The third kappa shape index (κ3) is 6.70. The van der Waals surface area contributed by atoms with Crippen LogP contribution in [0.4, 0.5) is 11.4 Å². The van der Waals surface area contributed by atoms with Crippen LogP contribution in [0.15, 0.2) is 120 Å². The first-order chi connectivity index (χ1) is 17.6. The summed E-state index contributed by atoms with van der Waals surface area (Å²) < 4.78 is 10.5. The summed E-state index contributed by atoms with van der Waals surface area (Å²) in [5.74, 6) is 1.14. The van der Waals surface area contributed by atoms with Crippen LogP contribution >= 0.6 is 0 Å². The van der Waals surface area contributed by atoms with E-state index in [9.17, 15) is 4.79 Å². The highest BCUT2D eigenvalue weighted by atomic mass is 16.5. The number of carbonyl (C=O) groups excluding carboxylic acids is 1. The van der Waals surface area contributed by atoms with Crippen molar-refractivity contribution < 1.29 is 14.3 Å². The highest BCUT2D eigenvalue weighted by Gasteiger charge is 2.18. The van der Waals surface area contributed by atoms with Gasteiger partial charge < -0.3 is 14.8 Å². The number of anilines is 1. The summed E-state index contributed by atoms with van der Waals surface area (Å²) >= 11 is 0. The van der Waals surface area contributed by atoms with Crippen molar-refractivity contribution in [2.45, 2.75) is 6.42 Å². The van der Waals surface area contributed by atoms with E-state index in [1.165, 1.54) is 0 Å². The number of benzene rings is 4. The molecule has 180 valence electrons. The fourth-order valence-corrected chi connectivity index (χ4v) is 3.69. The lowest BCUT2D eigenvalue weighted by Crippen LogP contribution is -2.25. The molecule has 1 N–H and O–H groups in total. The maximum atomic E-state index is 13.7. The van der Waals surface area contributed by atoms with Crippen molar-refractivity contribution in [3.8, 4) is 11.5 Å². The van der Waals surface area contributed by atoms with Gasteiger partial charge in [-0.3, -0.25) is 4.79 Å². The van der Waals surface area contributed by atoms with Crippen LogP contribution in [-0.4, -0.2) is 25.8 Å². The summed E-state index contributed by atoms with van der Waals surface area (Å²) in [5, 5.41) is 3.00. The second-order valence-electron chi connectivity index (χ2n) is 8.08. The normalized spacial score (nSPS) is 11.6. The van der Waals surface area contributed by atoms with Gasteiger partial charge in [-0.15, -0.1) is 0 Å². The number of aliphatic imine (C=N–C) groups is 1. The van der Waals surface area contributed by atoms with E-state index in [1.807, 2.05) is 91.0 Å². The lowest BCUT2D eigenvalue weighted by atomic mass is 9.97. The largest absolute Gasteiger partial charge is 0.497 e. The number of amides is 1. The maximum Gasteiger partial charge on any atom is 0.274 e. The molecule has 0 heterocycles. The molecule has 4 aromatic rings. The minimum Gasteiger partial charge on any atom is -0.497 e. The predicted octanol–water partition coefficient (Wildman–Crippen LogP) is 6.74. The van der Waals surface area contributed by atoms with Crippen LogP contribution in [0, 0.1) is 0 Å². The molecule has 0 saturated heterocycles. The number of hydrogen-bond donors (Lipinski definition) is 1. The molecule has 0 spiro atoms. The molecule has 0 atom stereocenters. The van der Waals surface area contributed by atoms with Crippen molar-refractivity contribution in [1.29, 1.82) is 0 Å². The van der Waals surface area contributed by atoms with Gasteiger partial charge in [0, 0.05) is 5.69 Å². The number of carbonyl (C=O) groups is 1. The van der Waals surface area contributed by atoms with Gasteiger partial charge in [0.1, 0.15) is 17.2 Å². The Morgan fingerprint density at radius 1 is 0.750 bits per heavy atom. The Balaban J connectivity index is 1.77. The van der Waals surface area contributed by atoms with E-state index in [4.69, 9.17) is 14.5 Å². The van der Waals surface area contributed by atoms with Crippen LogP contribution in [-0.2, 0) is 11.2 Å². The van der Waals surface area contributed by atoms with Crippen molar-refractivity contribution in [3.05, 3.63) is 126 Å². The Labute approximate surface area is 211 Å². The smallest absolute Gasteiger partial charge is 0.274 e. The Morgan fingerprint density at radius 3 is 1.89 bits per heavy atom. The Morgan fingerprint density at radius 2 is 1.31 bits per heavy atom. The Bertz CT molecular complexity index is 1330. The van der Waals surface area contributed by atoms with Gasteiger partial charge >= 0.3 is 0 Å². The first-order valence-electron chi connectivity index (χ1n) is 11.6. The SMILES string of the molecule is COc1ccc(N=C(C(=O)Nc2ccc(OC)cc2)C(=Cc2ccccc2)Cc2ccccc2)cc1. The summed E-state index contributed by atoms with van der Waals surface area (Å²) in [5.41, 5.74) is 4.52. The quantitative estimate of drug-likeness (QED) is 0.272. The van der Waals surface area contributed by atoms with Crippen molar-refractivity contribution in [1.82, 2.24) is 0 Å². The van der Waals surface area contributed by atoms with Crippen LogP contribution < -0.4 is 14.8 Å². The van der Waals surface area contributed by atoms with Gasteiger partial charge in [-0.05, 0) is 77.7 Å². The summed E-state index contributed by atoms with van der Waals surface area (Å²) in [4.78, 5) is 18.5. The molecule has 0 aliphatic rings. The summed E-state index contributed by atoms with van der Waals surface area (Å²) in [6.45, 7) is 0. The highest BCUT2D eigenvalue weighted by molar-refractivity contribution is 6.50. The second-order valence-corrected chi connectivity index (χ2v) is 8.08. The average molecular weight is 477 g/mol. The van der Waals surface area contributed by atoms with E-state index in [1.54, 1.807) is 38.5 Å². The lowest BCUT2D eigenvalue weighted by Gasteiger charge is -2.14. The third-order valence-corrected chi connectivity index (χ3v) is 5.56. The van der Waals surface area contributed by atoms with Gasteiger partial charge in [0.05, 0.1) is 19.9 Å². The molecule has 0 bridgehead atoms. The molecule has 0 radical (unpaired) electrons. The fraction of sp³-hybridized carbons (Fsp3) is 0.0968. The molecule has 0 saturated carbocycles. The molecule has 5 nitrogen and oxygen atoms in total. The highest BCUT2D eigenvalue weighted by Crippen LogP contribution is 2.23. The number of methoxy groups -OCH3 is 2. The minimum atomic E-state index is -0.297. The molecule has 4 rings (SSSR count). The molecule has 0 aromatic heterocycles.